The summed E-state index contributed by atoms with van der Waals surface area (Å²) in [6.45, 7) is 5.17. The molecule has 1 aromatic rings. The number of hydrogen-bond donors (Lipinski definition) is 1. The molecule has 0 aromatic heterocycles. The molecule has 2 unspecified atom stereocenters. The van der Waals surface area contributed by atoms with Crippen molar-refractivity contribution in [1.29, 1.82) is 0 Å². The van der Waals surface area contributed by atoms with E-state index in [1.807, 2.05) is 13.8 Å². The zero-order chi connectivity index (χ0) is 17.9. The fourth-order valence-electron chi connectivity index (χ4n) is 3.03. The Morgan fingerprint density at radius 3 is 2.54 bits per heavy atom. The maximum Gasteiger partial charge on any atom is 0.308 e. The van der Waals surface area contributed by atoms with Crippen molar-refractivity contribution >= 4 is 17.8 Å². The average Bonchev–Trinajstić information content (AvgIpc) is 2.59. The van der Waals surface area contributed by atoms with Gasteiger partial charge in [-0.1, -0.05) is 13.0 Å². The predicted molar refractivity (Wildman–Crippen MR) is 89.9 cm³/mol. The Balaban J connectivity index is 2.20. The van der Waals surface area contributed by atoms with Gasteiger partial charge in [0, 0.05) is 37.8 Å². The molecule has 2 atom stereocenters. The van der Waals surface area contributed by atoms with Crippen LogP contribution in [0.3, 0.4) is 0 Å². The third kappa shape index (κ3) is 3.93. The predicted octanol–water partition coefficient (Wildman–Crippen LogP) is 1.96. The number of aliphatic carboxylic acids is 1. The first-order valence-electron chi connectivity index (χ1n) is 8.21. The van der Waals surface area contributed by atoms with Gasteiger partial charge in [0.15, 0.2) is 0 Å². The Labute approximate surface area is 142 Å². The first-order chi connectivity index (χ1) is 11.3. The maximum absolute atomic E-state index is 12.7. The second-order valence-corrected chi connectivity index (χ2v) is 6.49. The zero-order valence-electron chi connectivity index (χ0n) is 14.4. The number of piperidine rings is 1. The molecule has 0 spiro atoms. The van der Waals surface area contributed by atoms with Gasteiger partial charge in [0.2, 0.25) is 0 Å². The van der Waals surface area contributed by atoms with Gasteiger partial charge in [0.25, 0.3) is 11.8 Å². The van der Waals surface area contributed by atoms with Crippen LogP contribution in [0, 0.1) is 11.8 Å². The number of rotatable bonds is 4. The van der Waals surface area contributed by atoms with E-state index in [0.29, 0.717) is 30.6 Å². The van der Waals surface area contributed by atoms with Crippen LogP contribution in [0.4, 0.5) is 0 Å². The van der Waals surface area contributed by atoms with Crippen LogP contribution in [-0.2, 0) is 4.79 Å². The molecule has 6 nitrogen and oxygen atoms in total. The van der Waals surface area contributed by atoms with Crippen molar-refractivity contribution in [2.75, 3.05) is 26.7 Å². The van der Waals surface area contributed by atoms with E-state index in [2.05, 4.69) is 0 Å². The van der Waals surface area contributed by atoms with Gasteiger partial charge >= 0.3 is 5.97 Å². The van der Waals surface area contributed by atoms with Crippen molar-refractivity contribution in [1.82, 2.24) is 9.80 Å². The van der Waals surface area contributed by atoms with E-state index in [4.69, 9.17) is 0 Å². The summed E-state index contributed by atoms with van der Waals surface area (Å²) in [4.78, 5) is 39.4. The van der Waals surface area contributed by atoms with Crippen LogP contribution in [0.2, 0.25) is 0 Å². The van der Waals surface area contributed by atoms with E-state index in [1.165, 1.54) is 0 Å². The van der Waals surface area contributed by atoms with Gasteiger partial charge in [-0.05, 0) is 37.5 Å². The van der Waals surface area contributed by atoms with Crippen molar-refractivity contribution < 1.29 is 19.5 Å². The Morgan fingerprint density at radius 1 is 1.25 bits per heavy atom. The van der Waals surface area contributed by atoms with E-state index in [9.17, 15) is 19.5 Å². The van der Waals surface area contributed by atoms with Crippen LogP contribution in [0.25, 0.3) is 0 Å². The molecule has 2 amide bonds. The van der Waals surface area contributed by atoms with Gasteiger partial charge in [-0.25, -0.2) is 0 Å². The lowest BCUT2D eigenvalue weighted by Crippen LogP contribution is -2.45. The van der Waals surface area contributed by atoms with E-state index in [-0.39, 0.29) is 24.3 Å². The van der Waals surface area contributed by atoms with Crippen molar-refractivity contribution in [3.05, 3.63) is 35.4 Å². The number of carbonyl (C=O) groups is 3. The summed E-state index contributed by atoms with van der Waals surface area (Å²) in [7, 11) is 1.71. The third-order valence-electron chi connectivity index (χ3n) is 4.47. The molecule has 0 radical (unpaired) electrons. The number of carbonyl (C=O) groups excluding carboxylic acids is 2. The van der Waals surface area contributed by atoms with Crippen molar-refractivity contribution in [2.45, 2.75) is 20.3 Å². The molecule has 130 valence electrons. The first-order valence-corrected chi connectivity index (χ1v) is 8.21. The Kier molecular flexibility index (Phi) is 5.59. The summed E-state index contributed by atoms with van der Waals surface area (Å²) in [5, 5.41) is 9.24. The standard InChI is InChI=1S/C18H24N2O4/c1-4-19(3)16(21)13-6-5-7-14(9-13)17(22)20-10-12(2)8-15(11-20)18(23)24/h5-7,9,12,15H,4,8,10-11H2,1-3H3,(H,23,24). The van der Waals surface area contributed by atoms with Crippen molar-refractivity contribution in [3.63, 3.8) is 0 Å². The maximum atomic E-state index is 12.7. The molecule has 1 aromatic carbocycles. The molecule has 24 heavy (non-hydrogen) atoms. The topological polar surface area (TPSA) is 77.9 Å². The average molecular weight is 332 g/mol. The highest BCUT2D eigenvalue weighted by Gasteiger charge is 2.32. The summed E-state index contributed by atoms with van der Waals surface area (Å²) in [6, 6.07) is 6.63. The highest BCUT2D eigenvalue weighted by molar-refractivity contribution is 5.99. The minimum Gasteiger partial charge on any atom is -0.481 e. The SMILES string of the molecule is CCN(C)C(=O)c1cccc(C(=O)N2CC(C)CC(C(=O)O)C2)c1. The van der Waals surface area contributed by atoms with Gasteiger partial charge in [0.1, 0.15) is 0 Å². The van der Waals surface area contributed by atoms with Gasteiger partial charge in [-0.2, -0.15) is 0 Å². The number of carboxylic acid groups (broad SMARTS) is 1. The van der Waals surface area contributed by atoms with Gasteiger partial charge in [-0.3, -0.25) is 14.4 Å². The van der Waals surface area contributed by atoms with Gasteiger partial charge < -0.3 is 14.9 Å². The van der Waals surface area contributed by atoms with Gasteiger partial charge in [-0.15, -0.1) is 0 Å². The summed E-state index contributed by atoms with van der Waals surface area (Å²) in [5.41, 5.74) is 0.883. The fraction of sp³-hybridized carbons (Fsp3) is 0.500. The molecule has 0 saturated carbocycles. The number of likely N-dealkylation sites (tertiary alicyclic amines) is 1. The van der Waals surface area contributed by atoms with E-state index < -0.39 is 11.9 Å². The van der Waals surface area contributed by atoms with Crippen LogP contribution in [0.15, 0.2) is 24.3 Å². The molecule has 0 aliphatic carbocycles. The molecule has 2 rings (SSSR count). The molecular weight excluding hydrogens is 308 g/mol. The number of carboxylic acids is 1. The van der Waals surface area contributed by atoms with E-state index >= 15 is 0 Å². The number of hydrogen-bond acceptors (Lipinski definition) is 3. The van der Waals surface area contributed by atoms with E-state index in [1.54, 1.807) is 41.1 Å². The Bertz CT molecular complexity index is 644. The largest absolute Gasteiger partial charge is 0.481 e. The summed E-state index contributed by atoms with van der Waals surface area (Å²) < 4.78 is 0. The quantitative estimate of drug-likeness (QED) is 0.914. The van der Waals surface area contributed by atoms with Crippen LogP contribution < -0.4 is 0 Å². The molecule has 1 N–H and O–H groups in total. The molecule has 6 heteroatoms. The van der Waals surface area contributed by atoms with Crippen molar-refractivity contribution in [2.24, 2.45) is 11.8 Å². The van der Waals surface area contributed by atoms with Crippen LogP contribution in [0.1, 0.15) is 41.0 Å². The minimum absolute atomic E-state index is 0.137. The summed E-state index contributed by atoms with van der Waals surface area (Å²) in [5.74, 6) is -1.62. The third-order valence-corrected chi connectivity index (χ3v) is 4.47. The Morgan fingerprint density at radius 2 is 1.92 bits per heavy atom. The molecular formula is C18H24N2O4. The van der Waals surface area contributed by atoms with Gasteiger partial charge in [0.05, 0.1) is 5.92 Å². The first kappa shape index (κ1) is 18.0. The normalized spacial score (nSPS) is 20.5. The summed E-state index contributed by atoms with van der Waals surface area (Å²) >= 11 is 0. The van der Waals surface area contributed by atoms with Crippen LogP contribution >= 0.6 is 0 Å². The lowest BCUT2D eigenvalue weighted by Gasteiger charge is -2.34. The number of nitrogens with zero attached hydrogens (tertiary/aromatic N) is 2. The lowest BCUT2D eigenvalue weighted by molar-refractivity contribution is -0.143. The monoisotopic (exact) mass is 332 g/mol. The highest BCUT2D eigenvalue weighted by atomic mass is 16.4. The molecule has 1 aliphatic heterocycles. The van der Waals surface area contributed by atoms with Crippen molar-refractivity contribution in [3.8, 4) is 0 Å². The van der Waals surface area contributed by atoms with E-state index in [0.717, 1.165) is 0 Å². The molecule has 1 aliphatic rings. The summed E-state index contributed by atoms with van der Waals surface area (Å²) in [6.07, 6.45) is 0.582. The fourth-order valence-corrected chi connectivity index (χ4v) is 3.03. The highest BCUT2D eigenvalue weighted by Crippen LogP contribution is 2.23. The van der Waals surface area contributed by atoms with Crippen LogP contribution in [-0.4, -0.2) is 59.4 Å². The smallest absolute Gasteiger partial charge is 0.308 e. The lowest BCUT2D eigenvalue weighted by atomic mass is 9.90. The minimum atomic E-state index is -0.868. The molecule has 1 heterocycles. The van der Waals surface area contributed by atoms with Crippen LogP contribution in [0.5, 0.6) is 0 Å². The second-order valence-electron chi connectivity index (χ2n) is 6.49. The molecule has 1 fully saturated rings. The zero-order valence-corrected chi connectivity index (χ0v) is 14.4. The Hall–Kier alpha value is -2.37. The molecule has 0 bridgehead atoms. The second kappa shape index (κ2) is 7.47. The number of amides is 2. The molecule has 1 saturated heterocycles. The number of benzene rings is 1.